The minimum absolute atomic E-state index is 0.416. The fourth-order valence-electron chi connectivity index (χ4n) is 2.00. The molecule has 0 atom stereocenters. The van der Waals surface area contributed by atoms with Gasteiger partial charge in [-0.3, -0.25) is 4.98 Å². The molecule has 0 radical (unpaired) electrons. The van der Waals surface area contributed by atoms with Crippen molar-refractivity contribution in [2.75, 3.05) is 5.73 Å². The Morgan fingerprint density at radius 3 is 2.70 bits per heavy atom. The molecule has 0 spiro atoms. The summed E-state index contributed by atoms with van der Waals surface area (Å²) in [5, 5.41) is 0. The maximum Gasteiger partial charge on any atom is 0.417 e. The number of aryl methyl sites for hydroxylation is 1. The van der Waals surface area contributed by atoms with E-state index < -0.39 is 5.76 Å². The van der Waals surface area contributed by atoms with Crippen molar-refractivity contribution in [3.63, 3.8) is 0 Å². The Labute approximate surface area is 115 Å². The van der Waals surface area contributed by atoms with Crippen molar-refractivity contribution in [1.82, 2.24) is 4.98 Å². The summed E-state index contributed by atoms with van der Waals surface area (Å²) in [5.74, 6) is 0.668. The predicted molar refractivity (Wildman–Crippen MR) is 77.1 cm³/mol. The minimum atomic E-state index is -0.510. The first kappa shape index (κ1) is 12.3. The van der Waals surface area contributed by atoms with Crippen LogP contribution in [0.1, 0.15) is 12.5 Å². The van der Waals surface area contributed by atoms with Gasteiger partial charge in [-0.25, -0.2) is 4.79 Å². The van der Waals surface area contributed by atoms with Crippen LogP contribution in [0.3, 0.4) is 0 Å². The maximum atomic E-state index is 11.1. The Morgan fingerprint density at radius 1 is 1.25 bits per heavy atom. The first-order valence-corrected chi connectivity index (χ1v) is 6.35. The fourth-order valence-corrected chi connectivity index (χ4v) is 2.00. The number of hydrogen-bond donors (Lipinski definition) is 2. The fraction of sp³-hybridized carbons (Fsp3) is 0.133. The lowest BCUT2D eigenvalue weighted by molar-refractivity contribution is 0.485. The standard InChI is InChI=1S/C15H14N2O3/c1-2-9-3-5-10(6-4-9)19-13-8-12-14(7-11(13)16)20-15(18)17-12/h3-8H,2,16H2,1H3,(H,17,18). The average Bonchev–Trinajstić information content (AvgIpc) is 2.79. The second-order valence-electron chi connectivity index (χ2n) is 4.50. The van der Waals surface area contributed by atoms with E-state index in [9.17, 15) is 4.79 Å². The third kappa shape index (κ3) is 2.25. The van der Waals surface area contributed by atoms with Crippen LogP contribution in [-0.2, 0) is 6.42 Å². The summed E-state index contributed by atoms with van der Waals surface area (Å²) in [7, 11) is 0. The van der Waals surface area contributed by atoms with Gasteiger partial charge >= 0.3 is 5.76 Å². The van der Waals surface area contributed by atoms with Gasteiger partial charge in [-0.2, -0.15) is 0 Å². The van der Waals surface area contributed by atoms with Gasteiger partial charge in [-0.1, -0.05) is 19.1 Å². The summed E-state index contributed by atoms with van der Waals surface area (Å²) in [6.45, 7) is 2.09. The van der Waals surface area contributed by atoms with Gasteiger partial charge in [0, 0.05) is 12.1 Å². The van der Waals surface area contributed by atoms with Crippen LogP contribution >= 0.6 is 0 Å². The van der Waals surface area contributed by atoms with Gasteiger partial charge in [0.2, 0.25) is 0 Å². The lowest BCUT2D eigenvalue weighted by atomic mass is 10.2. The number of aromatic nitrogens is 1. The molecule has 0 aliphatic carbocycles. The van der Waals surface area contributed by atoms with E-state index in [0.717, 1.165) is 6.42 Å². The smallest absolute Gasteiger partial charge is 0.417 e. The van der Waals surface area contributed by atoms with Gasteiger partial charge in [0.15, 0.2) is 11.3 Å². The Kier molecular flexibility index (Phi) is 2.95. The van der Waals surface area contributed by atoms with Crippen LogP contribution in [0, 0.1) is 0 Å². The molecule has 102 valence electrons. The molecular weight excluding hydrogens is 256 g/mol. The molecule has 0 aliphatic heterocycles. The third-order valence-electron chi connectivity index (χ3n) is 3.11. The molecule has 3 N–H and O–H groups in total. The number of H-pyrrole nitrogens is 1. The second-order valence-corrected chi connectivity index (χ2v) is 4.50. The predicted octanol–water partition coefficient (Wildman–Crippen LogP) is 3.06. The van der Waals surface area contributed by atoms with Crippen LogP contribution in [0.15, 0.2) is 45.6 Å². The Bertz CT molecular complexity index is 800. The maximum absolute atomic E-state index is 11.1. The van der Waals surface area contributed by atoms with E-state index in [-0.39, 0.29) is 0 Å². The number of oxazole rings is 1. The van der Waals surface area contributed by atoms with Crippen LogP contribution in [-0.4, -0.2) is 4.98 Å². The summed E-state index contributed by atoms with van der Waals surface area (Å²) in [6.07, 6.45) is 0.977. The molecule has 1 heterocycles. The lowest BCUT2D eigenvalue weighted by Crippen LogP contribution is -1.93. The number of benzene rings is 2. The molecule has 0 aliphatic rings. The molecule has 0 amide bonds. The van der Waals surface area contributed by atoms with Crippen LogP contribution < -0.4 is 16.2 Å². The van der Waals surface area contributed by atoms with Crippen LogP contribution in [0.5, 0.6) is 11.5 Å². The number of nitrogens with one attached hydrogen (secondary N) is 1. The van der Waals surface area contributed by atoms with Crippen molar-refractivity contribution in [2.45, 2.75) is 13.3 Å². The highest BCUT2D eigenvalue weighted by Gasteiger charge is 2.08. The van der Waals surface area contributed by atoms with E-state index in [1.54, 1.807) is 12.1 Å². The number of hydrogen-bond acceptors (Lipinski definition) is 4. The molecule has 3 aromatic rings. The first-order valence-electron chi connectivity index (χ1n) is 6.35. The number of nitrogen functional groups attached to an aromatic ring is 1. The first-order chi connectivity index (χ1) is 9.65. The summed E-state index contributed by atoms with van der Waals surface area (Å²) in [5.41, 5.74) is 8.53. The minimum Gasteiger partial charge on any atom is -0.455 e. The van der Waals surface area contributed by atoms with Crippen molar-refractivity contribution >= 4 is 16.8 Å². The van der Waals surface area contributed by atoms with Crippen LogP contribution in [0.4, 0.5) is 5.69 Å². The van der Waals surface area contributed by atoms with Crippen molar-refractivity contribution in [3.8, 4) is 11.5 Å². The number of fused-ring (bicyclic) bond motifs is 1. The average molecular weight is 270 g/mol. The van der Waals surface area contributed by atoms with E-state index in [1.165, 1.54) is 5.56 Å². The zero-order valence-electron chi connectivity index (χ0n) is 11.0. The quantitative estimate of drug-likeness (QED) is 0.717. The SMILES string of the molecule is CCc1ccc(Oc2cc3[nH]c(=O)oc3cc2N)cc1. The number of ether oxygens (including phenoxy) is 1. The van der Waals surface area contributed by atoms with E-state index >= 15 is 0 Å². The molecule has 0 unspecified atom stereocenters. The molecule has 0 fully saturated rings. The molecule has 1 aromatic heterocycles. The van der Waals surface area contributed by atoms with Gasteiger partial charge in [0.25, 0.3) is 0 Å². The highest BCUT2D eigenvalue weighted by molar-refractivity contribution is 5.80. The summed E-state index contributed by atoms with van der Waals surface area (Å²) >= 11 is 0. The summed E-state index contributed by atoms with van der Waals surface area (Å²) < 4.78 is 10.7. The van der Waals surface area contributed by atoms with Gasteiger partial charge in [0.1, 0.15) is 5.75 Å². The molecule has 5 heteroatoms. The Morgan fingerprint density at radius 2 is 2.00 bits per heavy atom. The van der Waals surface area contributed by atoms with Crippen molar-refractivity contribution < 1.29 is 9.15 Å². The topological polar surface area (TPSA) is 81.2 Å². The van der Waals surface area contributed by atoms with E-state index in [0.29, 0.717) is 28.3 Å². The molecule has 0 bridgehead atoms. The van der Waals surface area contributed by atoms with E-state index in [4.69, 9.17) is 14.9 Å². The third-order valence-corrected chi connectivity index (χ3v) is 3.11. The number of nitrogens with two attached hydrogens (primary N) is 1. The molecule has 0 saturated heterocycles. The molecule has 20 heavy (non-hydrogen) atoms. The molecule has 2 aromatic carbocycles. The second kappa shape index (κ2) is 4.77. The Hall–Kier alpha value is -2.69. The zero-order valence-corrected chi connectivity index (χ0v) is 11.0. The van der Waals surface area contributed by atoms with Gasteiger partial charge in [0.05, 0.1) is 11.2 Å². The summed E-state index contributed by atoms with van der Waals surface area (Å²) in [4.78, 5) is 13.7. The highest BCUT2D eigenvalue weighted by atomic mass is 16.5. The van der Waals surface area contributed by atoms with Crippen LogP contribution in [0.25, 0.3) is 11.1 Å². The zero-order chi connectivity index (χ0) is 14.1. The lowest BCUT2D eigenvalue weighted by Gasteiger charge is -2.08. The molecular formula is C15H14N2O3. The summed E-state index contributed by atoms with van der Waals surface area (Å²) in [6, 6.07) is 11.0. The largest absolute Gasteiger partial charge is 0.455 e. The van der Waals surface area contributed by atoms with Gasteiger partial charge in [-0.05, 0) is 24.1 Å². The monoisotopic (exact) mass is 270 g/mol. The number of aromatic amines is 1. The van der Waals surface area contributed by atoms with Crippen molar-refractivity contribution in [1.29, 1.82) is 0 Å². The van der Waals surface area contributed by atoms with Gasteiger partial charge < -0.3 is 14.9 Å². The highest BCUT2D eigenvalue weighted by Crippen LogP contribution is 2.31. The molecule has 5 nitrogen and oxygen atoms in total. The number of anilines is 1. The Balaban J connectivity index is 1.96. The number of rotatable bonds is 3. The van der Waals surface area contributed by atoms with E-state index in [2.05, 4.69) is 11.9 Å². The molecule has 0 saturated carbocycles. The van der Waals surface area contributed by atoms with Crippen LogP contribution in [0.2, 0.25) is 0 Å². The molecule has 3 rings (SSSR count). The normalized spacial score (nSPS) is 10.8. The van der Waals surface area contributed by atoms with E-state index in [1.807, 2.05) is 24.3 Å². The van der Waals surface area contributed by atoms with Gasteiger partial charge in [-0.15, -0.1) is 0 Å². The van der Waals surface area contributed by atoms with Crippen molar-refractivity contribution in [3.05, 3.63) is 52.5 Å². The van der Waals surface area contributed by atoms with Crippen molar-refractivity contribution in [2.24, 2.45) is 0 Å².